The molecule has 1 heterocycles. The van der Waals surface area contributed by atoms with E-state index in [1.165, 1.54) is 0 Å². The fourth-order valence-electron chi connectivity index (χ4n) is 1.98. The number of para-hydroxylation sites is 1. The number of fused-ring (bicyclic) bond motifs is 1. The van der Waals surface area contributed by atoms with Crippen LogP contribution in [-0.4, -0.2) is 12.7 Å². The summed E-state index contributed by atoms with van der Waals surface area (Å²) in [7, 11) is 0. The Labute approximate surface area is 124 Å². The molecule has 1 N–H and O–H groups in total. The Morgan fingerprint density at radius 2 is 2.10 bits per heavy atom. The van der Waals surface area contributed by atoms with Crippen molar-refractivity contribution in [1.82, 2.24) is 0 Å². The van der Waals surface area contributed by atoms with Crippen LogP contribution >= 0.6 is 15.9 Å². The lowest BCUT2D eigenvalue weighted by Crippen LogP contribution is -2.12. The van der Waals surface area contributed by atoms with Crippen LogP contribution in [-0.2, 0) is 0 Å². The van der Waals surface area contributed by atoms with Crippen LogP contribution in [0.4, 0.5) is 5.69 Å². The van der Waals surface area contributed by atoms with Crippen molar-refractivity contribution < 1.29 is 14.3 Å². The van der Waals surface area contributed by atoms with Gasteiger partial charge in [0.2, 0.25) is 6.79 Å². The lowest BCUT2D eigenvalue weighted by Gasteiger charge is -2.08. The summed E-state index contributed by atoms with van der Waals surface area (Å²) in [6.07, 6.45) is 0. The number of hydrogen-bond acceptors (Lipinski definition) is 3. The minimum absolute atomic E-state index is 0.149. The Morgan fingerprint density at radius 1 is 1.25 bits per heavy atom. The van der Waals surface area contributed by atoms with Crippen molar-refractivity contribution in [2.75, 3.05) is 12.1 Å². The number of amides is 1. The summed E-state index contributed by atoms with van der Waals surface area (Å²) in [4.78, 5) is 12.3. The zero-order valence-corrected chi connectivity index (χ0v) is 12.4. The molecule has 0 saturated heterocycles. The Kier molecular flexibility index (Phi) is 3.36. The molecule has 0 radical (unpaired) electrons. The van der Waals surface area contributed by atoms with E-state index in [1.54, 1.807) is 18.2 Å². The highest BCUT2D eigenvalue weighted by atomic mass is 79.9. The van der Waals surface area contributed by atoms with Gasteiger partial charge in [-0.05, 0) is 36.8 Å². The largest absolute Gasteiger partial charge is 0.454 e. The molecule has 0 unspecified atom stereocenters. The highest BCUT2D eigenvalue weighted by Crippen LogP contribution is 2.35. The summed E-state index contributed by atoms with van der Waals surface area (Å²) in [6.45, 7) is 2.14. The van der Waals surface area contributed by atoms with Crippen molar-refractivity contribution in [3.8, 4) is 11.5 Å². The summed E-state index contributed by atoms with van der Waals surface area (Å²) in [5, 5.41) is 2.85. The molecule has 1 aliphatic rings. The molecule has 1 amide bonds. The van der Waals surface area contributed by atoms with Crippen molar-refractivity contribution >= 4 is 27.5 Å². The van der Waals surface area contributed by atoms with Gasteiger partial charge in [-0.3, -0.25) is 4.79 Å². The molecule has 0 aliphatic carbocycles. The molecule has 1 aliphatic heterocycles. The van der Waals surface area contributed by atoms with Gasteiger partial charge < -0.3 is 14.8 Å². The molecule has 2 aromatic rings. The number of hydrogen-bond donors (Lipinski definition) is 1. The maximum atomic E-state index is 12.3. The molecule has 0 atom stereocenters. The van der Waals surface area contributed by atoms with Crippen LogP contribution < -0.4 is 14.8 Å². The van der Waals surface area contributed by atoms with Gasteiger partial charge in [0.1, 0.15) is 0 Å². The Hall–Kier alpha value is -2.01. The summed E-state index contributed by atoms with van der Waals surface area (Å²) < 4.78 is 11.6. The number of carbonyl (C=O) groups excluding carboxylic acids is 1. The Bertz CT molecular complexity index is 685. The number of aryl methyl sites for hydroxylation is 1. The molecule has 0 aromatic heterocycles. The topological polar surface area (TPSA) is 47.6 Å². The van der Waals surface area contributed by atoms with Crippen molar-refractivity contribution in [1.29, 1.82) is 0 Å². The maximum Gasteiger partial charge on any atom is 0.259 e. The molecule has 0 spiro atoms. The van der Waals surface area contributed by atoms with Crippen LogP contribution in [0.25, 0.3) is 0 Å². The molecule has 20 heavy (non-hydrogen) atoms. The van der Waals surface area contributed by atoms with E-state index in [1.807, 2.05) is 25.1 Å². The van der Waals surface area contributed by atoms with Gasteiger partial charge in [-0.2, -0.15) is 0 Å². The predicted molar refractivity (Wildman–Crippen MR) is 79.4 cm³/mol. The first-order chi connectivity index (χ1) is 9.65. The van der Waals surface area contributed by atoms with Gasteiger partial charge in [-0.25, -0.2) is 0 Å². The van der Waals surface area contributed by atoms with Crippen LogP contribution in [0.2, 0.25) is 0 Å². The van der Waals surface area contributed by atoms with E-state index < -0.39 is 0 Å². The van der Waals surface area contributed by atoms with E-state index in [0.717, 1.165) is 15.7 Å². The molecule has 3 rings (SSSR count). The number of benzene rings is 2. The Morgan fingerprint density at radius 3 is 2.90 bits per heavy atom. The minimum atomic E-state index is -0.219. The van der Waals surface area contributed by atoms with Crippen molar-refractivity contribution in [2.24, 2.45) is 0 Å². The standard InChI is InChI=1S/C15H12BrNO3/c1-9-5-6-10(7-12(9)16)17-15(18)11-3-2-4-13-14(11)20-8-19-13/h2-7H,8H2,1H3,(H,17,18). The Balaban J connectivity index is 1.87. The van der Waals surface area contributed by atoms with Gasteiger partial charge in [0, 0.05) is 10.2 Å². The monoisotopic (exact) mass is 333 g/mol. The smallest absolute Gasteiger partial charge is 0.259 e. The first-order valence-electron chi connectivity index (χ1n) is 6.11. The zero-order chi connectivity index (χ0) is 14.1. The van der Waals surface area contributed by atoms with Gasteiger partial charge >= 0.3 is 0 Å². The summed E-state index contributed by atoms with van der Waals surface area (Å²) in [5.74, 6) is 0.877. The second-order valence-electron chi connectivity index (χ2n) is 4.46. The lowest BCUT2D eigenvalue weighted by atomic mass is 10.1. The highest BCUT2D eigenvalue weighted by Gasteiger charge is 2.21. The first-order valence-corrected chi connectivity index (χ1v) is 6.90. The number of carbonyl (C=O) groups is 1. The summed E-state index contributed by atoms with van der Waals surface area (Å²) in [5.41, 5.74) is 2.31. The van der Waals surface area contributed by atoms with Crippen LogP contribution in [0.5, 0.6) is 11.5 Å². The van der Waals surface area contributed by atoms with Gasteiger partial charge in [0.05, 0.1) is 5.56 Å². The molecule has 4 nitrogen and oxygen atoms in total. The lowest BCUT2D eigenvalue weighted by molar-refractivity contribution is 0.102. The van der Waals surface area contributed by atoms with Gasteiger partial charge in [0.15, 0.2) is 11.5 Å². The molecule has 2 aromatic carbocycles. The maximum absolute atomic E-state index is 12.3. The number of halogens is 1. The van der Waals surface area contributed by atoms with Gasteiger partial charge in [-0.15, -0.1) is 0 Å². The van der Waals surface area contributed by atoms with Crippen LogP contribution in [0.3, 0.4) is 0 Å². The van der Waals surface area contributed by atoms with E-state index in [2.05, 4.69) is 21.2 Å². The van der Waals surface area contributed by atoms with Crippen LogP contribution in [0.15, 0.2) is 40.9 Å². The normalized spacial score (nSPS) is 12.3. The SMILES string of the molecule is Cc1ccc(NC(=O)c2cccc3c2OCO3)cc1Br. The van der Waals surface area contributed by atoms with E-state index in [0.29, 0.717) is 17.1 Å². The quantitative estimate of drug-likeness (QED) is 0.910. The van der Waals surface area contributed by atoms with E-state index >= 15 is 0 Å². The third kappa shape index (κ3) is 2.36. The third-order valence-corrected chi connectivity index (χ3v) is 3.93. The minimum Gasteiger partial charge on any atom is -0.454 e. The fraction of sp³-hybridized carbons (Fsp3) is 0.133. The molecule has 0 bridgehead atoms. The summed E-state index contributed by atoms with van der Waals surface area (Å²) >= 11 is 3.45. The van der Waals surface area contributed by atoms with E-state index in [9.17, 15) is 4.79 Å². The van der Waals surface area contributed by atoms with Crippen molar-refractivity contribution in [3.63, 3.8) is 0 Å². The number of anilines is 1. The van der Waals surface area contributed by atoms with Crippen molar-refractivity contribution in [2.45, 2.75) is 6.92 Å². The van der Waals surface area contributed by atoms with E-state index in [-0.39, 0.29) is 12.7 Å². The molecule has 0 saturated carbocycles. The van der Waals surface area contributed by atoms with Gasteiger partial charge in [-0.1, -0.05) is 28.1 Å². The van der Waals surface area contributed by atoms with Crippen LogP contribution in [0.1, 0.15) is 15.9 Å². The average Bonchev–Trinajstić information content (AvgIpc) is 2.91. The molecule has 102 valence electrons. The van der Waals surface area contributed by atoms with Crippen LogP contribution in [0, 0.1) is 6.92 Å². The molecule has 5 heteroatoms. The van der Waals surface area contributed by atoms with Crippen molar-refractivity contribution in [3.05, 3.63) is 52.0 Å². The highest BCUT2D eigenvalue weighted by molar-refractivity contribution is 9.10. The second kappa shape index (κ2) is 5.17. The number of ether oxygens (including phenoxy) is 2. The second-order valence-corrected chi connectivity index (χ2v) is 5.31. The predicted octanol–water partition coefficient (Wildman–Crippen LogP) is 3.74. The molecule has 0 fully saturated rings. The van der Waals surface area contributed by atoms with Gasteiger partial charge in [0.25, 0.3) is 5.91 Å². The molecular formula is C15H12BrNO3. The third-order valence-electron chi connectivity index (χ3n) is 3.07. The zero-order valence-electron chi connectivity index (χ0n) is 10.8. The number of nitrogens with one attached hydrogen (secondary N) is 1. The first kappa shape index (κ1) is 13.0. The number of rotatable bonds is 2. The summed E-state index contributed by atoms with van der Waals surface area (Å²) in [6, 6.07) is 10.9. The average molecular weight is 334 g/mol. The molecular weight excluding hydrogens is 322 g/mol. The van der Waals surface area contributed by atoms with E-state index in [4.69, 9.17) is 9.47 Å². The fourth-order valence-corrected chi connectivity index (χ4v) is 2.36.